The monoisotopic (exact) mass is 275 g/mol. The van der Waals surface area contributed by atoms with Gasteiger partial charge in [0.2, 0.25) is 5.91 Å². The van der Waals surface area contributed by atoms with Gasteiger partial charge in [-0.2, -0.15) is 5.26 Å². The molecule has 0 fully saturated rings. The lowest BCUT2D eigenvalue weighted by Crippen LogP contribution is -2.39. The van der Waals surface area contributed by atoms with Crippen LogP contribution in [0, 0.1) is 26.9 Å². The molecule has 1 rings (SSSR count). The second-order valence-corrected chi connectivity index (χ2v) is 4.51. The van der Waals surface area contributed by atoms with Crippen molar-refractivity contribution in [3.05, 3.63) is 39.9 Å². The van der Waals surface area contributed by atoms with Gasteiger partial charge in [-0.05, 0) is 18.4 Å². The normalized spacial score (nSPS) is 10.7. The van der Waals surface area contributed by atoms with Gasteiger partial charge in [0.05, 0.1) is 11.0 Å². The Morgan fingerprint density at radius 2 is 2.10 bits per heavy atom. The van der Waals surface area contributed by atoms with Crippen molar-refractivity contribution < 1.29 is 9.72 Å². The van der Waals surface area contributed by atoms with Crippen LogP contribution in [0.15, 0.2) is 24.3 Å². The van der Waals surface area contributed by atoms with Crippen LogP contribution in [0.3, 0.4) is 0 Å². The second kappa shape index (κ2) is 6.66. The number of nitro benzene ring substituents is 1. The van der Waals surface area contributed by atoms with E-state index in [1.165, 1.54) is 12.1 Å². The molecule has 0 aromatic heterocycles. The molecule has 106 valence electrons. The van der Waals surface area contributed by atoms with Crippen LogP contribution in [0.5, 0.6) is 0 Å². The van der Waals surface area contributed by atoms with E-state index in [-0.39, 0.29) is 18.1 Å². The molecule has 1 aromatic rings. The third-order valence-corrected chi connectivity index (χ3v) is 3.43. The quantitative estimate of drug-likeness (QED) is 0.637. The molecule has 1 aromatic carbocycles. The van der Waals surface area contributed by atoms with Gasteiger partial charge in [0, 0.05) is 18.7 Å². The molecule has 1 N–H and O–H groups in total. The van der Waals surface area contributed by atoms with Crippen molar-refractivity contribution in [3.8, 4) is 6.07 Å². The Morgan fingerprint density at radius 3 is 2.60 bits per heavy atom. The van der Waals surface area contributed by atoms with Crippen molar-refractivity contribution in [1.82, 2.24) is 5.32 Å². The first-order valence-electron chi connectivity index (χ1n) is 6.42. The van der Waals surface area contributed by atoms with E-state index < -0.39 is 10.3 Å². The Hall–Kier alpha value is -2.42. The molecule has 0 aliphatic carbocycles. The summed E-state index contributed by atoms with van der Waals surface area (Å²) in [6, 6.07) is 8.12. The summed E-state index contributed by atoms with van der Waals surface area (Å²) in [6.45, 7) is 3.75. The summed E-state index contributed by atoms with van der Waals surface area (Å²) in [5.41, 5.74) is -0.415. The molecular formula is C14H17N3O3. The summed E-state index contributed by atoms with van der Waals surface area (Å²) < 4.78 is 0. The minimum Gasteiger partial charge on any atom is -0.351 e. The minimum atomic E-state index is -1.03. The summed E-state index contributed by atoms with van der Waals surface area (Å²) in [5, 5.41) is 22.5. The number of nitro groups is 1. The smallest absolute Gasteiger partial charge is 0.269 e. The Kier molecular flexibility index (Phi) is 5.21. The van der Waals surface area contributed by atoms with Gasteiger partial charge in [-0.15, -0.1) is 0 Å². The average Bonchev–Trinajstić information content (AvgIpc) is 2.47. The van der Waals surface area contributed by atoms with Gasteiger partial charge in [-0.3, -0.25) is 14.9 Å². The van der Waals surface area contributed by atoms with Crippen LogP contribution >= 0.6 is 0 Å². The first-order chi connectivity index (χ1) is 9.49. The molecule has 0 spiro atoms. The Bertz CT molecular complexity index is 545. The van der Waals surface area contributed by atoms with Gasteiger partial charge in [0.15, 0.2) is 0 Å². The van der Waals surface area contributed by atoms with Gasteiger partial charge < -0.3 is 5.32 Å². The Balaban J connectivity index is 2.77. The lowest BCUT2D eigenvalue weighted by Gasteiger charge is -2.22. The van der Waals surface area contributed by atoms with Crippen molar-refractivity contribution in [2.24, 2.45) is 5.41 Å². The number of amides is 1. The highest BCUT2D eigenvalue weighted by Gasteiger charge is 2.34. The summed E-state index contributed by atoms with van der Waals surface area (Å²) in [5.74, 6) is -0.337. The van der Waals surface area contributed by atoms with Crippen LogP contribution in [-0.2, 0) is 11.3 Å². The molecule has 20 heavy (non-hydrogen) atoms. The van der Waals surface area contributed by atoms with Crippen LogP contribution in [-0.4, -0.2) is 10.8 Å². The predicted molar refractivity (Wildman–Crippen MR) is 73.6 cm³/mol. The zero-order chi connectivity index (χ0) is 15.2. The Labute approximate surface area is 117 Å². The third kappa shape index (κ3) is 3.32. The van der Waals surface area contributed by atoms with Crippen molar-refractivity contribution in [1.29, 1.82) is 5.26 Å². The van der Waals surface area contributed by atoms with Crippen molar-refractivity contribution in [2.45, 2.75) is 33.2 Å². The van der Waals surface area contributed by atoms with Crippen LogP contribution in [0.25, 0.3) is 0 Å². The molecule has 0 unspecified atom stereocenters. The molecule has 0 saturated carbocycles. The van der Waals surface area contributed by atoms with Crippen LogP contribution in [0.2, 0.25) is 0 Å². The fourth-order valence-corrected chi connectivity index (χ4v) is 1.91. The van der Waals surface area contributed by atoms with Gasteiger partial charge >= 0.3 is 0 Å². The van der Waals surface area contributed by atoms with Gasteiger partial charge in [0.1, 0.15) is 5.41 Å². The highest BCUT2D eigenvalue weighted by molar-refractivity contribution is 5.85. The van der Waals surface area contributed by atoms with E-state index in [2.05, 4.69) is 11.4 Å². The first kappa shape index (κ1) is 15.6. The zero-order valence-electron chi connectivity index (χ0n) is 11.5. The fraction of sp³-hybridized carbons (Fsp3) is 0.429. The van der Waals surface area contributed by atoms with Crippen molar-refractivity contribution in [2.75, 3.05) is 0 Å². The highest BCUT2D eigenvalue weighted by Crippen LogP contribution is 2.25. The standard InChI is InChI=1S/C14H17N3O3/c1-3-14(4-2,10-15)13(18)16-9-11-6-5-7-12(8-11)17(19)20/h5-8H,3-4,9H2,1-2H3,(H,16,18). The zero-order valence-corrected chi connectivity index (χ0v) is 11.5. The maximum absolute atomic E-state index is 12.1. The topological polar surface area (TPSA) is 96.0 Å². The van der Waals surface area contributed by atoms with Crippen LogP contribution in [0.1, 0.15) is 32.3 Å². The largest absolute Gasteiger partial charge is 0.351 e. The number of hydrogen-bond acceptors (Lipinski definition) is 4. The lowest BCUT2D eigenvalue weighted by molar-refractivity contribution is -0.384. The van der Waals surface area contributed by atoms with E-state index in [0.717, 1.165) is 0 Å². The van der Waals surface area contributed by atoms with E-state index in [4.69, 9.17) is 5.26 Å². The molecular weight excluding hydrogens is 258 g/mol. The van der Waals surface area contributed by atoms with E-state index in [0.29, 0.717) is 18.4 Å². The molecule has 6 heteroatoms. The highest BCUT2D eigenvalue weighted by atomic mass is 16.6. The number of rotatable bonds is 6. The number of non-ortho nitro benzene ring substituents is 1. The minimum absolute atomic E-state index is 0.0192. The molecule has 0 aliphatic rings. The third-order valence-electron chi connectivity index (χ3n) is 3.43. The van der Waals surface area contributed by atoms with Crippen molar-refractivity contribution in [3.63, 3.8) is 0 Å². The summed E-state index contributed by atoms with van der Waals surface area (Å²) in [7, 11) is 0. The summed E-state index contributed by atoms with van der Waals surface area (Å²) in [4.78, 5) is 22.3. The molecule has 0 radical (unpaired) electrons. The molecule has 6 nitrogen and oxygen atoms in total. The molecule has 0 heterocycles. The number of carbonyl (C=O) groups excluding carboxylic acids is 1. The van der Waals surface area contributed by atoms with E-state index in [9.17, 15) is 14.9 Å². The number of nitrogens with zero attached hydrogens (tertiary/aromatic N) is 2. The van der Waals surface area contributed by atoms with E-state index >= 15 is 0 Å². The molecule has 0 bridgehead atoms. The predicted octanol–water partition coefficient (Wildman–Crippen LogP) is 2.54. The SMILES string of the molecule is CCC(C#N)(CC)C(=O)NCc1cccc([N+](=O)[O-])c1. The van der Waals surface area contributed by atoms with Crippen molar-refractivity contribution >= 4 is 11.6 Å². The molecule has 0 aliphatic heterocycles. The number of carbonyl (C=O) groups is 1. The molecule has 0 atom stereocenters. The maximum Gasteiger partial charge on any atom is 0.269 e. The summed E-state index contributed by atoms with van der Waals surface area (Å²) in [6.07, 6.45) is 0.863. The number of nitrogens with one attached hydrogen (secondary N) is 1. The van der Waals surface area contributed by atoms with E-state index in [1.807, 2.05) is 0 Å². The molecule has 1 amide bonds. The summed E-state index contributed by atoms with van der Waals surface area (Å²) >= 11 is 0. The van der Waals surface area contributed by atoms with Gasteiger partial charge in [-0.25, -0.2) is 0 Å². The van der Waals surface area contributed by atoms with Crippen LogP contribution < -0.4 is 5.32 Å². The number of hydrogen-bond donors (Lipinski definition) is 1. The average molecular weight is 275 g/mol. The number of nitriles is 1. The van der Waals surface area contributed by atoms with Crippen LogP contribution in [0.4, 0.5) is 5.69 Å². The second-order valence-electron chi connectivity index (χ2n) is 4.51. The Morgan fingerprint density at radius 1 is 1.45 bits per heavy atom. The van der Waals surface area contributed by atoms with Gasteiger partial charge in [0.25, 0.3) is 5.69 Å². The number of benzene rings is 1. The maximum atomic E-state index is 12.1. The van der Waals surface area contributed by atoms with E-state index in [1.54, 1.807) is 26.0 Å². The molecule has 0 saturated heterocycles. The lowest BCUT2D eigenvalue weighted by atomic mass is 9.83. The fourth-order valence-electron chi connectivity index (χ4n) is 1.91. The first-order valence-corrected chi connectivity index (χ1v) is 6.42. The van der Waals surface area contributed by atoms with Gasteiger partial charge in [-0.1, -0.05) is 26.0 Å².